The molecular weight excluding hydrogens is 120 g/mol. The topological polar surface area (TPSA) is 68.1 Å². The Morgan fingerprint density at radius 2 is 2.56 bits per heavy atom. The number of aliphatic imine (C=N–C) groups is 1. The second kappa shape index (κ2) is 2.64. The van der Waals surface area contributed by atoms with Crippen molar-refractivity contribution < 1.29 is 4.79 Å². The van der Waals surface area contributed by atoms with Crippen LogP contribution in [0.15, 0.2) is 17.5 Å². The van der Waals surface area contributed by atoms with Crippen molar-refractivity contribution in [2.24, 2.45) is 4.99 Å². The van der Waals surface area contributed by atoms with E-state index in [-0.39, 0.29) is 5.82 Å². The Kier molecular flexibility index (Phi) is 1.62. The van der Waals surface area contributed by atoms with E-state index in [0.717, 1.165) is 0 Å². The summed E-state index contributed by atoms with van der Waals surface area (Å²) in [4.78, 5) is 16.3. The Bertz CT molecular complexity index is 228. The van der Waals surface area contributed by atoms with Crippen LogP contribution in [0.5, 0.6) is 0 Å². The van der Waals surface area contributed by atoms with E-state index < -0.39 is 0 Å². The molecule has 0 aliphatic rings. The standard InChI is InChI=1S/C4H2N4O/c9-3-6-4-1-5-2-7-8-4/h1-2H. The van der Waals surface area contributed by atoms with Crippen molar-refractivity contribution in [3.63, 3.8) is 0 Å². The molecule has 1 heterocycles. The van der Waals surface area contributed by atoms with Crippen LogP contribution in [0.1, 0.15) is 0 Å². The number of hydrogen-bond acceptors (Lipinski definition) is 5. The Balaban J connectivity index is 2.97. The lowest BCUT2D eigenvalue weighted by molar-refractivity contribution is 0.565. The summed E-state index contributed by atoms with van der Waals surface area (Å²) >= 11 is 0. The van der Waals surface area contributed by atoms with Gasteiger partial charge >= 0.3 is 0 Å². The zero-order valence-corrected chi connectivity index (χ0v) is 4.35. The number of rotatable bonds is 1. The normalized spacial score (nSPS) is 8.00. The molecule has 0 saturated heterocycles. The minimum atomic E-state index is 0.174. The maximum Gasteiger partial charge on any atom is 0.242 e. The van der Waals surface area contributed by atoms with Crippen LogP contribution in [0.4, 0.5) is 5.82 Å². The van der Waals surface area contributed by atoms with E-state index in [1.807, 2.05) is 0 Å². The minimum Gasteiger partial charge on any atom is -0.239 e. The van der Waals surface area contributed by atoms with Gasteiger partial charge in [-0.3, -0.25) is 0 Å². The summed E-state index contributed by atoms with van der Waals surface area (Å²) in [6.07, 6.45) is 3.89. The van der Waals surface area contributed by atoms with Crippen LogP contribution in [-0.4, -0.2) is 21.3 Å². The van der Waals surface area contributed by atoms with E-state index in [2.05, 4.69) is 20.2 Å². The monoisotopic (exact) mass is 122 g/mol. The molecule has 0 N–H and O–H groups in total. The van der Waals surface area contributed by atoms with E-state index >= 15 is 0 Å². The molecule has 5 heteroatoms. The van der Waals surface area contributed by atoms with Gasteiger partial charge in [0.15, 0.2) is 0 Å². The second-order valence-corrected chi connectivity index (χ2v) is 1.17. The summed E-state index contributed by atoms with van der Waals surface area (Å²) in [6, 6.07) is 0. The van der Waals surface area contributed by atoms with Crippen LogP contribution < -0.4 is 0 Å². The predicted molar refractivity (Wildman–Crippen MR) is 27.6 cm³/mol. The van der Waals surface area contributed by atoms with Gasteiger partial charge < -0.3 is 0 Å². The van der Waals surface area contributed by atoms with Crippen molar-refractivity contribution >= 4 is 11.9 Å². The molecule has 0 aliphatic carbocycles. The van der Waals surface area contributed by atoms with Crippen LogP contribution in [-0.2, 0) is 4.79 Å². The second-order valence-electron chi connectivity index (χ2n) is 1.17. The van der Waals surface area contributed by atoms with Crippen molar-refractivity contribution in [2.75, 3.05) is 0 Å². The summed E-state index contributed by atoms with van der Waals surface area (Å²) in [6.45, 7) is 0. The molecule has 0 aromatic carbocycles. The molecule has 9 heavy (non-hydrogen) atoms. The molecule has 0 radical (unpaired) electrons. The molecule has 1 aromatic heterocycles. The summed E-state index contributed by atoms with van der Waals surface area (Å²) in [5.41, 5.74) is 0. The largest absolute Gasteiger partial charge is 0.242 e. The summed E-state index contributed by atoms with van der Waals surface area (Å²) in [5, 5.41) is 6.80. The zero-order chi connectivity index (χ0) is 6.53. The van der Waals surface area contributed by atoms with E-state index in [9.17, 15) is 4.79 Å². The maximum atomic E-state index is 9.59. The van der Waals surface area contributed by atoms with Crippen molar-refractivity contribution in [3.8, 4) is 0 Å². The van der Waals surface area contributed by atoms with Gasteiger partial charge in [-0.1, -0.05) is 0 Å². The molecule has 0 fully saturated rings. The van der Waals surface area contributed by atoms with Crippen molar-refractivity contribution in [3.05, 3.63) is 12.5 Å². The molecule has 0 atom stereocenters. The molecule has 1 aromatic rings. The summed E-state index contributed by atoms with van der Waals surface area (Å²) < 4.78 is 0. The molecule has 0 spiro atoms. The molecule has 1 rings (SSSR count). The third-order valence-corrected chi connectivity index (χ3v) is 0.629. The van der Waals surface area contributed by atoms with Crippen molar-refractivity contribution in [1.29, 1.82) is 0 Å². The van der Waals surface area contributed by atoms with Crippen LogP contribution in [0.3, 0.4) is 0 Å². The average molecular weight is 122 g/mol. The first-order valence-corrected chi connectivity index (χ1v) is 2.14. The Morgan fingerprint density at radius 1 is 1.67 bits per heavy atom. The van der Waals surface area contributed by atoms with Gasteiger partial charge in [0.2, 0.25) is 11.9 Å². The molecule has 0 saturated carbocycles. The number of carbonyl (C=O) groups excluding carboxylic acids is 1. The van der Waals surface area contributed by atoms with Gasteiger partial charge in [0, 0.05) is 0 Å². The van der Waals surface area contributed by atoms with Crippen LogP contribution in [0.25, 0.3) is 0 Å². The van der Waals surface area contributed by atoms with Crippen LogP contribution >= 0.6 is 0 Å². The summed E-state index contributed by atoms with van der Waals surface area (Å²) in [7, 11) is 0. The highest BCUT2D eigenvalue weighted by atomic mass is 16.1. The first kappa shape index (κ1) is 5.53. The van der Waals surface area contributed by atoms with E-state index in [4.69, 9.17) is 0 Å². The SMILES string of the molecule is O=C=Nc1cncnn1. The zero-order valence-electron chi connectivity index (χ0n) is 4.35. The van der Waals surface area contributed by atoms with Gasteiger partial charge in [0.1, 0.15) is 6.33 Å². The first-order chi connectivity index (χ1) is 4.43. The number of isocyanates is 1. The minimum absolute atomic E-state index is 0.174. The fraction of sp³-hybridized carbons (Fsp3) is 0. The lowest BCUT2D eigenvalue weighted by Gasteiger charge is -1.80. The van der Waals surface area contributed by atoms with Crippen molar-refractivity contribution in [2.45, 2.75) is 0 Å². The van der Waals surface area contributed by atoms with Crippen molar-refractivity contribution in [1.82, 2.24) is 15.2 Å². The van der Waals surface area contributed by atoms with Gasteiger partial charge in [-0.05, 0) is 0 Å². The number of aromatic nitrogens is 3. The van der Waals surface area contributed by atoms with Gasteiger partial charge in [-0.2, -0.15) is 0 Å². The van der Waals surface area contributed by atoms with Gasteiger partial charge in [-0.15, -0.1) is 15.2 Å². The maximum absolute atomic E-state index is 9.59. The molecule has 5 nitrogen and oxygen atoms in total. The lowest BCUT2D eigenvalue weighted by atomic mass is 10.8. The smallest absolute Gasteiger partial charge is 0.239 e. The summed E-state index contributed by atoms with van der Waals surface area (Å²) in [5.74, 6) is 0.174. The van der Waals surface area contributed by atoms with Crippen LogP contribution in [0, 0.1) is 0 Å². The first-order valence-electron chi connectivity index (χ1n) is 2.14. The molecule has 0 bridgehead atoms. The Morgan fingerprint density at radius 3 is 3.11 bits per heavy atom. The fourth-order valence-corrected chi connectivity index (χ4v) is 0.339. The fourth-order valence-electron chi connectivity index (χ4n) is 0.339. The molecule has 0 unspecified atom stereocenters. The van der Waals surface area contributed by atoms with Crippen LogP contribution in [0.2, 0.25) is 0 Å². The molecule has 0 aliphatic heterocycles. The highest BCUT2D eigenvalue weighted by Gasteiger charge is 1.84. The highest BCUT2D eigenvalue weighted by Crippen LogP contribution is 1.96. The third kappa shape index (κ3) is 1.40. The quantitative estimate of drug-likeness (QED) is 0.383. The average Bonchev–Trinajstić information content (AvgIpc) is 1.91. The van der Waals surface area contributed by atoms with Gasteiger partial charge in [-0.25, -0.2) is 9.78 Å². The number of hydrogen-bond donors (Lipinski definition) is 0. The van der Waals surface area contributed by atoms with Gasteiger partial charge in [0.25, 0.3) is 0 Å². The number of nitrogens with zero attached hydrogens (tertiary/aromatic N) is 4. The predicted octanol–water partition coefficient (Wildman–Crippen LogP) is -0.161. The molecular formula is C4H2N4O. The Hall–Kier alpha value is -1.61. The van der Waals surface area contributed by atoms with E-state index in [1.54, 1.807) is 0 Å². The van der Waals surface area contributed by atoms with E-state index in [0.29, 0.717) is 0 Å². The highest BCUT2D eigenvalue weighted by molar-refractivity contribution is 5.42. The van der Waals surface area contributed by atoms with E-state index in [1.165, 1.54) is 18.6 Å². The van der Waals surface area contributed by atoms with Gasteiger partial charge in [0.05, 0.1) is 6.20 Å². The molecule has 44 valence electrons. The third-order valence-electron chi connectivity index (χ3n) is 0.629. The lowest BCUT2D eigenvalue weighted by Crippen LogP contribution is -1.79. The molecule has 0 amide bonds. The Labute approximate surface area is 50.5 Å².